The first kappa shape index (κ1) is 17.0. The third kappa shape index (κ3) is 6.92. The van der Waals surface area contributed by atoms with Crippen LogP contribution in [-0.2, 0) is 15.3 Å². The molecular formula is C16H18N4O2S. The summed E-state index contributed by atoms with van der Waals surface area (Å²) in [6, 6.07) is 9.13. The Morgan fingerprint density at radius 3 is 2.61 bits per heavy atom. The van der Waals surface area contributed by atoms with E-state index in [1.54, 1.807) is 36.8 Å². The van der Waals surface area contributed by atoms with Gasteiger partial charge < -0.3 is 10.6 Å². The Bertz CT molecular complexity index is 622. The Morgan fingerprint density at radius 2 is 1.87 bits per heavy atom. The highest BCUT2D eigenvalue weighted by Crippen LogP contribution is 2.10. The fourth-order valence-electron chi connectivity index (χ4n) is 1.75. The Morgan fingerprint density at radius 1 is 1.04 bits per heavy atom. The number of hydrogen-bond donors (Lipinski definition) is 2. The van der Waals surface area contributed by atoms with E-state index < -0.39 is 0 Å². The highest BCUT2D eigenvalue weighted by molar-refractivity contribution is 7.99. The first-order chi connectivity index (χ1) is 11.2. The molecule has 2 rings (SSSR count). The summed E-state index contributed by atoms with van der Waals surface area (Å²) < 4.78 is 0. The van der Waals surface area contributed by atoms with Crippen molar-refractivity contribution >= 4 is 29.4 Å². The maximum absolute atomic E-state index is 11.7. The van der Waals surface area contributed by atoms with Crippen LogP contribution in [0.25, 0.3) is 0 Å². The number of rotatable bonds is 8. The van der Waals surface area contributed by atoms with Crippen LogP contribution in [0, 0.1) is 0 Å². The molecule has 0 aromatic carbocycles. The van der Waals surface area contributed by atoms with Crippen LogP contribution >= 0.6 is 11.8 Å². The number of carbonyl (C=O) groups is 2. The van der Waals surface area contributed by atoms with E-state index in [1.807, 2.05) is 12.1 Å². The summed E-state index contributed by atoms with van der Waals surface area (Å²) in [5.41, 5.74) is 1.13. The lowest BCUT2D eigenvalue weighted by atomic mass is 10.3. The van der Waals surface area contributed by atoms with Crippen molar-refractivity contribution in [3.05, 3.63) is 54.5 Å². The van der Waals surface area contributed by atoms with Crippen molar-refractivity contribution in [3.8, 4) is 0 Å². The van der Waals surface area contributed by atoms with Crippen molar-refractivity contribution in [3.63, 3.8) is 0 Å². The van der Waals surface area contributed by atoms with E-state index in [0.717, 1.165) is 11.3 Å². The smallest absolute Gasteiger partial charge is 0.230 e. The van der Waals surface area contributed by atoms with Gasteiger partial charge in [-0.1, -0.05) is 6.07 Å². The summed E-state index contributed by atoms with van der Waals surface area (Å²) in [6.07, 6.45) is 5.29. The van der Waals surface area contributed by atoms with Gasteiger partial charge in [-0.2, -0.15) is 0 Å². The second kappa shape index (κ2) is 9.58. The van der Waals surface area contributed by atoms with Gasteiger partial charge in [0.25, 0.3) is 0 Å². The SMILES string of the molecule is O=C(CSCc1ccncc1)NCCC(=O)Nc1ccccn1. The van der Waals surface area contributed by atoms with E-state index in [4.69, 9.17) is 0 Å². The first-order valence-corrected chi connectivity index (χ1v) is 8.34. The number of pyridine rings is 2. The normalized spacial score (nSPS) is 10.1. The number of anilines is 1. The third-order valence-corrected chi connectivity index (χ3v) is 3.86. The van der Waals surface area contributed by atoms with Gasteiger partial charge in [-0.25, -0.2) is 4.98 Å². The molecule has 2 aromatic heterocycles. The van der Waals surface area contributed by atoms with Gasteiger partial charge in [0.2, 0.25) is 11.8 Å². The predicted octanol–water partition coefficient (Wildman–Crippen LogP) is 1.85. The summed E-state index contributed by atoms with van der Waals surface area (Å²) in [5, 5.41) is 5.40. The van der Waals surface area contributed by atoms with Gasteiger partial charge in [0.05, 0.1) is 5.75 Å². The lowest BCUT2D eigenvalue weighted by Gasteiger charge is -2.06. The van der Waals surface area contributed by atoms with Crippen LogP contribution in [-0.4, -0.2) is 34.1 Å². The van der Waals surface area contributed by atoms with E-state index in [0.29, 0.717) is 18.1 Å². The molecule has 0 spiro atoms. The molecule has 0 aliphatic heterocycles. The summed E-state index contributed by atoms with van der Waals surface area (Å²) in [4.78, 5) is 31.3. The second-order valence-electron chi connectivity index (χ2n) is 4.71. The average molecular weight is 330 g/mol. The molecular weight excluding hydrogens is 312 g/mol. The van der Waals surface area contributed by atoms with E-state index in [2.05, 4.69) is 20.6 Å². The molecule has 2 heterocycles. The largest absolute Gasteiger partial charge is 0.355 e. The molecule has 2 amide bonds. The van der Waals surface area contributed by atoms with Gasteiger partial charge in [-0.05, 0) is 29.8 Å². The monoisotopic (exact) mass is 330 g/mol. The van der Waals surface area contributed by atoms with Crippen LogP contribution < -0.4 is 10.6 Å². The van der Waals surface area contributed by atoms with E-state index >= 15 is 0 Å². The Labute approximate surface area is 139 Å². The summed E-state index contributed by atoms with van der Waals surface area (Å²) in [6.45, 7) is 0.313. The van der Waals surface area contributed by atoms with E-state index in [9.17, 15) is 9.59 Å². The zero-order valence-electron chi connectivity index (χ0n) is 12.6. The van der Waals surface area contributed by atoms with E-state index in [-0.39, 0.29) is 18.2 Å². The number of aromatic nitrogens is 2. The summed E-state index contributed by atoms with van der Waals surface area (Å²) in [7, 11) is 0. The summed E-state index contributed by atoms with van der Waals surface area (Å²) in [5.74, 6) is 1.39. The fourth-order valence-corrected chi connectivity index (χ4v) is 2.57. The fraction of sp³-hybridized carbons (Fsp3) is 0.250. The van der Waals surface area contributed by atoms with Crippen molar-refractivity contribution in [2.75, 3.05) is 17.6 Å². The lowest BCUT2D eigenvalue weighted by Crippen LogP contribution is -2.29. The van der Waals surface area contributed by atoms with Crippen molar-refractivity contribution in [2.45, 2.75) is 12.2 Å². The number of thioether (sulfide) groups is 1. The molecule has 120 valence electrons. The molecule has 23 heavy (non-hydrogen) atoms. The van der Waals surface area contributed by atoms with Gasteiger partial charge in [0, 0.05) is 37.3 Å². The number of hydrogen-bond acceptors (Lipinski definition) is 5. The zero-order chi connectivity index (χ0) is 16.3. The van der Waals surface area contributed by atoms with Crippen molar-refractivity contribution < 1.29 is 9.59 Å². The zero-order valence-corrected chi connectivity index (χ0v) is 13.4. The van der Waals surface area contributed by atoms with Gasteiger partial charge in [-0.3, -0.25) is 14.6 Å². The molecule has 7 heteroatoms. The molecule has 0 atom stereocenters. The molecule has 0 aliphatic rings. The van der Waals surface area contributed by atoms with Gasteiger partial charge >= 0.3 is 0 Å². The molecule has 2 N–H and O–H groups in total. The van der Waals surface area contributed by atoms with Crippen molar-refractivity contribution in [1.82, 2.24) is 15.3 Å². The predicted molar refractivity (Wildman–Crippen MR) is 90.9 cm³/mol. The van der Waals surface area contributed by atoms with Gasteiger partial charge in [-0.15, -0.1) is 11.8 Å². The molecule has 2 aromatic rings. The quantitative estimate of drug-likeness (QED) is 0.772. The maximum atomic E-state index is 11.7. The molecule has 0 unspecified atom stereocenters. The molecule has 0 bridgehead atoms. The van der Waals surface area contributed by atoms with Gasteiger partial charge in [0.15, 0.2) is 0 Å². The Hall–Kier alpha value is -2.41. The molecule has 0 saturated heterocycles. The van der Waals surface area contributed by atoms with Crippen molar-refractivity contribution in [2.24, 2.45) is 0 Å². The number of amides is 2. The first-order valence-electron chi connectivity index (χ1n) is 7.18. The van der Waals surface area contributed by atoms with Crippen LogP contribution in [0.15, 0.2) is 48.9 Å². The highest BCUT2D eigenvalue weighted by atomic mass is 32.2. The van der Waals surface area contributed by atoms with Crippen LogP contribution in [0.4, 0.5) is 5.82 Å². The standard InChI is InChI=1S/C16H18N4O2S/c21-15(20-14-3-1-2-7-18-14)6-10-19-16(22)12-23-11-13-4-8-17-9-5-13/h1-5,7-9H,6,10-12H2,(H,19,22)(H,18,20,21). The number of nitrogens with one attached hydrogen (secondary N) is 2. The topological polar surface area (TPSA) is 84.0 Å². The van der Waals surface area contributed by atoms with Gasteiger partial charge in [0.1, 0.15) is 5.82 Å². The second-order valence-corrected chi connectivity index (χ2v) is 5.70. The maximum Gasteiger partial charge on any atom is 0.230 e. The van der Waals surface area contributed by atoms with Crippen LogP contribution in [0.2, 0.25) is 0 Å². The average Bonchev–Trinajstić information content (AvgIpc) is 2.57. The molecule has 6 nitrogen and oxygen atoms in total. The minimum atomic E-state index is -0.173. The highest BCUT2D eigenvalue weighted by Gasteiger charge is 2.05. The number of nitrogens with zero attached hydrogens (tertiary/aromatic N) is 2. The van der Waals surface area contributed by atoms with Crippen LogP contribution in [0.5, 0.6) is 0 Å². The minimum Gasteiger partial charge on any atom is -0.355 e. The molecule has 0 saturated carbocycles. The molecule has 0 fully saturated rings. The summed E-state index contributed by atoms with van der Waals surface area (Å²) >= 11 is 1.53. The third-order valence-electron chi connectivity index (χ3n) is 2.86. The molecule has 0 radical (unpaired) electrons. The Kier molecular flexibility index (Phi) is 7.06. The van der Waals surface area contributed by atoms with Crippen molar-refractivity contribution in [1.29, 1.82) is 0 Å². The number of carbonyl (C=O) groups excluding carboxylic acids is 2. The van der Waals surface area contributed by atoms with Crippen LogP contribution in [0.3, 0.4) is 0 Å². The molecule has 0 aliphatic carbocycles. The van der Waals surface area contributed by atoms with Crippen LogP contribution in [0.1, 0.15) is 12.0 Å². The minimum absolute atomic E-state index is 0.0744. The Balaban J connectivity index is 1.56. The lowest BCUT2D eigenvalue weighted by molar-refractivity contribution is -0.119. The van der Waals surface area contributed by atoms with E-state index in [1.165, 1.54) is 11.8 Å².